The molecule has 0 spiro atoms. The lowest BCUT2D eigenvalue weighted by molar-refractivity contribution is 0.112. The third kappa shape index (κ3) is 4.15. The van der Waals surface area contributed by atoms with E-state index in [4.69, 9.17) is 18.9 Å². The van der Waals surface area contributed by atoms with E-state index in [0.29, 0.717) is 28.4 Å². The maximum Gasteiger partial charge on any atom is 0.203 e. The number of hydrogen-bond donors (Lipinski definition) is 0. The second kappa shape index (κ2) is 9.75. The summed E-state index contributed by atoms with van der Waals surface area (Å²) in [6.07, 6.45) is 2.57. The lowest BCUT2D eigenvalue weighted by atomic mass is 9.89. The molecule has 0 radical (unpaired) electrons. The Labute approximate surface area is 196 Å². The molecule has 4 rings (SSSR count). The van der Waals surface area contributed by atoms with E-state index in [1.54, 1.807) is 44.9 Å². The highest BCUT2D eigenvalue weighted by Crippen LogP contribution is 2.49. The first-order chi connectivity index (χ1) is 16.1. The van der Waals surface area contributed by atoms with Crippen LogP contribution in [0.1, 0.15) is 10.4 Å². The Balaban J connectivity index is 2.06. The SMILES string of the molecule is COc1ccc(-c2ccc(-c3nccs3)cc2-c2c(C=O)cc(OC)c(OC)c2OC)cc1. The van der Waals surface area contributed by atoms with Crippen LogP contribution < -0.4 is 18.9 Å². The van der Waals surface area contributed by atoms with Gasteiger partial charge in [0.15, 0.2) is 17.8 Å². The van der Waals surface area contributed by atoms with E-state index in [2.05, 4.69) is 4.98 Å². The van der Waals surface area contributed by atoms with Gasteiger partial charge < -0.3 is 18.9 Å². The first-order valence-corrected chi connectivity index (χ1v) is 11.0. The smallest absolute Gasteiger partial charge is 0.203 e. The molecule has 1 heterocycles. The molecule has 1 aromatic heterocycles. The van der Waals surface area contributed by atoms with E-state index < -0.39 is 0 Å². The van der Waals surface area contributed by atoms with Crippen molar-refractivity contribution in [2.24, 2.45) is 0 Å². The fourth-order valence-corrected chi connectivity index (χ4v) is 4.45. The summed E-state index contributed by atoms with van der Waals surface area (Å²) < 4.78 is 22.1. The lowest BCUT2D eigenvalue weighted by Crippen LogP contribution is -2.01. The molecule has 7 heteroatoms. The van der Waals surface area contributed by atoms with Gasteiger partial charge in [0.05, 0.1) is 28.4 Å². The number of aldehydes is 1. The highest BCUT2D eigenvalue weighted by Gasteiger charge is 2.24. The summed E-state index contributed by atoms with van der Waals surface area (Å²) in [7, 11) is 6.25. The molecule has 3 aromatic carbocycles. The van der Waals surface area contributed by atoms with Crippen LogP contribution in [0.2, 0.25) is 0 Å². The average Bonchev–Trinajstić information content (AvgIpc) is 3.42. The van der Waals surface area contributed by atoms with Crippen LogP contribution in [0.25, 0.3) is 32.8 Å². The Morgan fingerprint density at radius 1 is 0.788 bits per heavy atom. The molecule has 168 valence electrons. The molecule has 0 unspecified atom stereocenters. The van der Waals surface area contributed by atoms with Crippen molar-refractivity contribution in [3.8, 4) is 55.8 Å². The van der Waals surface area contributed by atoms with Crippen LogP contribution in [0.4, 0.5) is 0 Å². The molecule has 0 aliphatic carbocycles. The van der Waals surface area contributed by atoms with Gasteiger partial charge in [-0.2, -0.15) is 0 Å². The molecule has 33 heavy (non-hydrogen) atoms. The summed E-state index contributed by atoms with van der Waals surface area (Å²) in [5, 5.41) is 2.81. The number of thiazole rings is 1. The normalized spacial score (nSPS) is 10.5. The predicted molar refractivity (Wildman–Crippen MR) is 130 cm³/mol. The van der Waals surface area contributed by atoms with Gasteiger partial charge in [0.2, 0.25) is 5.75 Å². The van der Waals surface area contributed by atoms with Gasteiger partial charge in [-0.1, -0.05) is 24.3 Å². The first kappa shape index (κ1) is 22.4. The van der Waals surface area contributed by atoms with Crippen molar-refractivity contribution in [3.63, 3.8) is 0 Å². The third-order valence-corrected chi connectivity index (χ3v) is 6.18. The van der Waals surface area contributed by atoms with Gasteiger partial charge in [-0.05, 0) is 41.0 Å². The molecule has 0 aliphatic heterocycles. The minimum atomic E-state index is 0.418. The summed E-state index contributed by atoms with van der Waals surface area (Å²) in [6.45, 7) is 0. The van der Waals surface area contributed by atoms with Crippen LogP contribution in [0.5, 0.6) is 23.0 Å². The van der Waals surface area contributed by atoms with Crippen molar-refractivity contribution in [3.05, 3.63) is 65.7 Å². The molecule has 6 nitrogen and oxygen atoms in total. The van der Waals surface area contributed by atoms with Crippen molar-refractivity contribution in [2.75, 3.05) is 28.4 Å². The molecular formula is C26H23NO5S. The number of hydrogen-bond acceptors (Lipinski definition) is 7. The van der Waals surface area contributed by atoms with E-state index in [9.17, 15) is 4.79 Å². The highest BCUT2D eigenvalue weighted by atomic mass is 32.1. The van der Waals surface area contributed by atoms with Crippen LogP contribution in [0, 0.1) is 0 Å². The van der Waals surface area contributed by atoms with Crippen LogP contribution in [-0.2, 0) is 0 Å². The Hall–Kier alpha value is -3.84. The largest absolute Gasteiger partial charge is 0.497 e. The monoisotopic (exact) mass is 461 g/mol. The molecule has 0 saturated heterocycles. The number of ether oxygens (including phenoxy) is 4. The molecule has 0 fully saturated rings. The molecule has 0 atom stereocenters. The van der Waals surface area contributed by atoms with Gasteiger partial charge in [0.25, 0.3) is 0 Å². The van der Waals surface area contributed by atoms with Crippen molar-refractivity contribution in [1.29, 1.82) is 0 Å². The lowest BCUT2D eigenvalue weighted by Gasteiger charge is -2.20. The standard InChI is InChI=1S/C26H23NO5S/c1-29-19-8-5-16(6-9-19)20-10-7-17(26-27-11-12-33-26)13-21(20)23-18(15-28)14-22(30-2)24(31-3)25(23)32-4/h5-15H,1-4H3. The van der Waals surface area contributed by atoms with Crippen molar-refractivity contribution >= 4 is 17.6 Å². The fraction of sp³-hybridized carbons (Fsp3) is 0.154. The van der Waals surface area contributed by atoms with Gasteiger partial charge in [0, 0.05) is 28.3 Å². The minimum Gasteiger partial charge on any atom is -0.497 e. The third-order valence-electron chi connectivity index (χ3n) is 5.36. The molecular weight excluding hydrogens is 438 g/mol. The predicted octanol–water partition coefficient (Wildman–Crippen LogP) is 5.99. The Morgan fingerprint density at radius 2 is 1.52 bits per heavy atom. The molecule has 0 bridgehead atoms. The zero-order valence-electron chi connectivity index (χ0n) is 18.7. The Kier molecular flexibility index (Phi) is 6.60. The minimum absolute atomic E-state index is 0.418. The molecule has 0 saturated carbocycles. The fourth-order valence-electron chi connectivity index (χ4n) is 3.82. The quantitative estimate of drug-likeness (QED) is 0.300. The van der Waals surface area contributed by atoms with Crippen LogP contribution in [0.3, 0.4) is 0 Å². The summed E-state index contributed by atoms with van der Waals surface area (Å²) >= 11 is 1.55. The Bertz CT molecular complexity index is 1270. The number of methoxy groups -OCH3 is 4. The number of benzene rings is 3. The molecule has 0 aliphatic rings. The molecule has 4 aromatic rings. The summed E-state index contributed by atoms with van der Waals surface area (Å²) in [5.41, 5.74) is 4.68. The van der Waals surface area contributed by atoms with E-state index >= 15 is 0 Å². The zero-order valence-corrected chi connectivity index (χ0v) is 19.6. The Morgan fingerprint density at radius 3 is 2.09 bits per heavy atom. The van der Waals surface area contributed by atoms with Crippen LogP contribution >= 0.6 is 11.3 Å². The van der Waals surface area contributed by atoms with Crippen molar-refractivity contribution < 1.29 is 23.7 Å². The van der Waals surface area contributed by atoms with Crippen LogP contribution in [-0.4, -0.2) is 39.7 Å². The summed E-state index contributed by atoms with van der Waals surface area (Å²) in [5.74, 6) is 2.02. The van der Waals surface area contributed by atoms with Gasteiger partial charge in [-0.15, -0.1) is 11.3 Å². The van der Waals surface area contributed by atoms with Gasteiger partial charge in [-0.3, -0.25) is 4.79 Å². The summed E-state index contributed by atoms with van der Waals surface area (Å²) in [4.78, 5) is 16.7. The number of nitrogens with zero attached hydrogens (tertiary/aromatic N) is 1. The van der Waals surface area contributed by atoms with E-state index in [-0.39, 0.29) is 0 Å². The maximum absolute atomic E-state index is 12.2. The average molecular weight is 462 g/mol. The van der Waals surface area contributed by atoms with Crippen molar-refractivity contribution in [1.82, 2.24) is 4.98 Å². The van der Waals surface area contributed by atoms with Gasteiger partial charge in [-0.25, -0.2) is 4.98 Å². The van der Waals surface area contributed by atoms with E-state index in [1.165, 1.54) is 7.11 Å². The van der Waals surface area contributed by atoms with E-state index in [1.807, 2.05) is 47.8 Å². The van der Waals surface area contributed by atoms with E-state index in [0.717, 1.165) is 39.3 Å². The first-order valence-electron chi connectivity index (χ1n) is 10.1. The number of carbonyl (C=O) groups is 1. The topological polar surface area (TPSA) is 66.9 Å². The number of aromatic nitrogens is 1. The number of rotatable bonds is 8. The van der Waals surface area contributed by atoms with Crippen molar-refractivity contribution in [2.45, 2.75) is 0 Å². The highest BCUT2D eigenvalue weighted by molar-refractivity contribution is 7.13. The summed E-state index contributed by atoms with van der Waals surface area (Å²) in [6, 6.07) is 15.5. The maximum atomic E-state index is 12.2. The second-order valence-corrected chi connectivity index (χ2v) is 7.95. The second-order valence-electron chi connectivity index (χ2n) is 7.05. The van der Waals surface area contributed by atoms with Gasteiger partial charge >= 0.3 is 0 Å². The zero-order chi connectivity index (χ0) is 23.4. The molecule has 0 N–H and O–H groups in total. The number of carbonyl (C=O) groups excluding carboxylic acids is 1. The molecule has 0 amide bonds. The van der Waals surface area contributed by atoms with Gasteiger partial charge in [0.1, 0.15) is 10.8 Å². The van der Waals surface area contributed by atoms with Crippen LogP contribution in [0.15, 0.2) is 60.1 Å².